The second-order valence-electron chi connectivity index (χ2n) is 4.65. The molecular weight excluding hydrogens is 318 g/mol. The highest BCUT2D eigenvalue weighted by Crippen LogP contribution is 2.12. The van der Waals surface area contributed by atoms with E-state index in [0.717, 1.165) is 0 Å². The van der Waals surface area contributed by atoms with Gasteiger partial charge < -0.3 is 15.4 Å². The molecular formula is C16H16ClN3O3. The summed E-state index contributed by atoms with van der Waals surface area (Å²) in [5.41, 5.74) is 0.476. The van der Waals surface area contributed by atoms with E-state index in [-0.39, 0.29) is 24.8 Å². The zero-order valence-corrected chi connectivity index (χ0v) is 13.3. The van der Waals surface area contributed by atoms with Crippen LogP contribution >= 0.6 is 11.6 Å². The summed E-state index contributed by atoms with van der Waals surface area (Å²) >= 11 is 5.71. The Labute approximate surface area is 138 Å². The third-order valence-electron chi connectivity index (χ3n) is 2.96. The number of anilines is 1. The number of nitrogens with zero attached hydrogens (tertiary/aromatic N) is 1. The van der Waals surface area contributed by atoms with Gasteiger partial charge in [-0.3, -0.25) is 9.59 Å². The maximum atomic E-state index is 12.0. The molecule has 0 aliphatic carbocycles. The molecule has 0 bridgehead atoms. The number of carbonyl (C=O) groups is 2. The quantitative estimate of drug-likeness (QED) is 0.851. The Bertz CT molecular complexity index is 689. The molecule has 0 fully saturated rings. The number of ether oxygens (including phenoxy) is 1. The van der Waals surface area contributed by atoms with Gasteiger partial charge in [-0.1, -0.05) is 17.7 Å². The predicted molar refractivity (Wildman–Crippen MR) is 87.8 cm³/mol. The summed E-state index contributed by atoms with van der Waals surface area (Å²) in [6, 6.07) is 10.0. The summed E-state index contributed by atoms with van der Waals surface area (Å²) in [7, 11) is 1.53. The molecule has 2 rings (SSSR count). The second kappa shape index (κ2) is 8.14. The zero-order chi connectivity index (χ0) is 16.7. The average Bonchev–Trinajstić information content (AvgIpc) is 2.57. The molecule has 2 N–H and O–H groups in total. The molecule has 2 aromatic rings. The lowest BCUT2D eigenvalue weighted by atomic mass is 10.2. The minimum atomic E-state index is -0.263. The lowest BCUT2D eigenvalue weighted by Crippen LogP contribution is -2.27. The van der Waals surface area contributed by atoms with E-state index in [0.29, 0.717) is 22.2 Å². The van der Waals surface area contributed by atoms with Crippen LogP contribution in [0.2, 0.25) is 5.02 Å². The maximum absolute atomic E-state index is 12.0. The largest absolute Gasteiger partial charge is 0.497 e. The van der Waals surface area contributed by atoms with Crippen molar-refractivity contribution in [2.24, 2.45) is 0 Å². The fourth-order valence-electron chi connectivity index (χ4n) is 1.81. The molecule has 0 saturated carbocycles. The average molecular weight is 334 g/mol. The van der Waals surface area contributed by atoms with Crippen molar-refractivity contribution >= 4 is 29.2 Å². The molecule has 1 aromatic carbocycles. The van der Waals surface area contributed by atoms with Crippen molar-refractivity contribution in [2.45, 2.75) is 6.42 Å². The van der Waals surface area contributed by atoms with Crippen molar-refractivity contribution in [1.29, 1.82) is 0 Å². The molecule has 0 aliphatic heterocycles. The maximum Gasteiger partial charge on any atom is 0.251 e. The Balaban J connectivity index is 1.78. The first kappa shape index (κ1) is 16.8. The van der Waals surface area contributed by atoms with Crippen LogP contribution in [0.15, 0.2) is 42.6 Å². The second-order valence-corrected chi connectivity index (χ2v) is 5.08. The van der Waals surface area contributed by atoms with Crippen LogP contribution in [0.1, 0.15) is 16.8 Å². The van der Waals surface area contributed by atoms with E-state index in [2.05, 4.69) is 15.6 Å². The topological polar surface area (TPSA) is 80.3 Å². The van der Waals surface area contributed by atoms with Crippen LogP contribution in [0.4, 0.5) is 5.82 Å². The molecule has 6 nitrogen and oxygen atoms in total. The fourth-order valence-corrected chi connectivity index (χ4v) is 1.92. The van der Waals surface area contributed by atoms with Crippen LogP contribution < -0.4 is 15.4 Å². The van der Waals surface area contributed by atoms with Gasteiger partial charge in [-0.25, -0.2) is 4.98 Å². The van der Waals surface area contributed by atoms with Crippen LogP contribution in [0.3, 0.4) is 0 Å². The first-order valence-corrected chi connectivity index (χ1v) is 7.30. The monoisotopic (exact) mass is 333 g/mol. The zero-order valence-electron chi connectivity index (χ0n) is 12.5. The Morgan fingerprint density at radius 1 is 1.26 bits per heavy atom. The lowest BCUT2D eigenvalue weighted by molar-refractivity contribution is -0.116. The van der Waals surface area contributed by atoms with Gasteiger partial charge in [0.05, 0.1) is 12.1 Å². The summed E-state index contributed by atoms with van der Waals surface area (Å²) in [6.45, 7) is 0.218. The minimum absolute atomic E-state index is 0.139. The smallest absolute Gasteiger partial charge is 0.251 e. The van der Waals surface area contributed by atoms with Gasteiger partial charge >= 0.3 is 0 Å². The predicted octanol–water partition coefficient (Wildman–Crippen LogP) is 2.50. The molecule has 1 heterocycles. The first-order valence-electron chi connectivity index (χ1n) is 6.92. The molecule has 1 aromatic heterocycles. The summed E-state index contributed by atoms with van der Waals surface area (Å²) in [5.74, 6) is 0.509. The Morgan fingerprint density at radius 2 is 2.09 bits per heavy atom. The van der Waals surface area contributed by atoms with Gasteiger partial charge in [0.15, 0.2) is 0 Å². The number of amides is 2. The highest BCUT2D eigenvalue weighted by molar-refractivity contribution is 6.30. The summed E-state index contributed by atoms with van der Waals surface area (Å²) in [6.07, 6.45) is 1.59. The number of hydrogen-bond acceptors (Lipinski definition) is 4. The van der Waals surface area contributed by atoms with Crippen LogP contribution in [0, 0.1) is 0 Å². The van der Waals surface area contributed by atoms with Crippen molar-refractivity contribution in [2.75, 3.05) is 19.0 Å². The highest BCUT2D eigenvalue weighted by Gasteiger charge is 2.08. The van der Waals surface area contributed by atoms with Crippen molar-refractivity contribution in [3.8, 4) is 5.75 Å². The molecule has 120 valence electrons. The van der Waals surface area contributed by atoms with Crippen molar-refractivity contribution < 1.29 is 14.3 Å². The number of nitrogens with one attached hydrogen (secondary N) is 2. The molecule has 0 aliphatic rings. The fraction of sp³-hybridized carbons (Fsp3) is 0.188. The Hall–Kier alpha value is -2.60. The number of rotatable bonds is 6. The standard InChI is InChI=1S/C16H16ClN3O3/c1-23-13-4-2-3-11(9-13)16(22)18-8-7-15(21)20-14-6-5-12(17)10-19-14/h2-6,9-10H,7-8H2,1H3,(H,18,22)(H,19,20,21). The van der Waals surface area contributed by atoms with Gasteiger partial charge in [-0.2, -0.15) is 0 Å². The number of hydrogen-bond donors (Lipinski definition) is 2. The van der Waals surface area contributed by atoms with Gasteiger partial charge in [-0.15, -0.1) is 0 Å². The van der Waals surface area contributed by atoms with Crippen molar-refractivity contribution in [3.05, 3.63) is 53.2 Å². The van der Waals surface area contributed by atoms with Crippen LogP contribution in [-0.2, 0) is 4.79 Å². The van der Waals surface area contributed by atoms with Crippen LogP contribution in [0.5, 0.6) is 5.75 Å². The van der Waals surface area contributed by atoms with E-state index in [9.17, 15) is 9.59 Å². The summed E-state index contributed by atoms with van der Waals surface area (Å²) in [4.78, 5) is 27.7. The number of methoxy groups -OCH3 is 1. The highest BCUT2D eigenvalue weighted by atomic mass is 35.5. The van der Waals surface area contributed by atoms with Gasteiger partial charge in [0, 0.05) is 24.7 Å². The summed E-state index contributed by atoms with van der Waals surface area (Å²) < 4.78 is 5.06. The minimum Gasteiger partial charge on any atom is -0.497 e. The van der Waals surface area contributed by atoms with E-state index in [1.807, 2.05) is 0 Å². The molecule has 0 radical (unpaired) electrons. The molecule has 0 saturated heterocycles. The molecule has 2 amide bonds. The lowest BCUT2D eigenvalue weighted by Gasteiger charge is -2.07. The summed E-state index contributed by atoms with van der Waals surface area (Å²) in [5, 5.41) is 5.79. The Morgan fingerprint density at radius 3 is 2.78 bits per heavy atom. The van der Waals surface area contributed by atoms with E-state index in [1.54, 1.807) is 36.4 Å². The number of halogens is 1. The number of aromatic nitrogens is 1. The molecule has 23 heavy (non-hydrogen) atoms. The number of carbonyl (C=O) groups excluding carboxylic acids is 2. The van der Waals surface area contributed by atoms with E-state index >= 15 is 0 Å². The number of benzene rings is 1. The van der Waals surface area contributed by atoms with E-state index < -0.39 is 0 Å². The molecule has 0 unspecified atom stereocenters. The molecule has 0 atom stereocenters. The SMILES string of the molecule is COc1cccc(C(=O)NCCC(=O)Nc2ccc(Cl)cn2)c1. The normalized spacial score (nSPS) is 10.0. The van der Waals surface area contributed by atoms with E-state index in [4.69, 9.17) is 16.3 Å². The third kappa shape index (κ3) is 5.27. The molecule has 0 spiro atoms. The van der Waals surface area contributed by atoms with Crippen LogP contribution in [-0.4, -0.2) is 30.5 Å². The van der Waals surface area contributed by atoms with Crippen molar-refractivity contribution in [1.82, 2.24) is 10.3 Å². The van der Waals surface area contributed by atoms with Gasteiger partial charge in [0.1, 0.15) is 11.6 Å². The molecule has 7 heteroatoms. The van der Waals surface area contributed by atoms with E-state index in [1.165, 1.54) is 13.3 Å². The van der Waals surface area contributed by atoms with Gasteiger partial charge in [-0.05, 0) is 30.3 Å². The van der Waals surface area contributed by atoms with Crippen LogP contribution in [0.25, 0.3) is 0 Å². The Kier molecular flexibility index (Phi) is 5.94. The first-order chi connectivity index (χ1) is 11.1. The van der Waals surface area contributed by atoms with Crippen molar-refractivity contribution in [3.63, 3.8) is 0 Å². The number of pyridine rings is 1. The third-order valence-corrected chi connectivity index (χ3v) is 3.19. The van der Waals surface area contributed by atoms with Gasteiger partial charge in [0.25, 0.3) is 5.91 Å². The van der Waals surface area contributed by atoms with Gasteiger partial charge in [0.2, 0.25) is 5.91 Å².